The standard InChI is InChI=1S/C7H14O2.C3H8O2.C2H4O2.C2H6O/c1-4-7(8)9-5-6(2)3;1-3(5)2-4;1-2(3)4;1-3-2/h6H,4-5H2,1-3H3;3-5H,2H2,1H3;1H3,(H,3,4);1-2H3. The number of aliphatic carboxylic acids is 1. The molecule has 3 N–H and O–H groups in total. The molecule has 0 aliphatic rings. The predicted octanol–water partition coefficient (Wildman–Crippen LogP) is 1.31. The highest BCUT2D eigenvalue weighted by Gasteiger charge is 1.98. The first kappa shape index (κ1) is 28.0. The number of carbonyl (C=O) groups is 2. The fraction of sp³-hybridized carbons (Fsp3) is 0.857. The van der Waals surface area contributed by atoms with E-state index in [-0.39, 0.29) is 12.6 Å². The first-order valence-corrected chi connectivity index (χ1v) is 6.62. The largest absolute Gasteiger partial charge is 0.481 e. The second-order valence-electron chi connectivity index (χ2n) is 4.39. The van der Waals surface area contributed by atoms with E-state index >= 15 is 0 Å². The van der Waals surface area contributed by atoms with Gasteiger partial charge in [0.2, 0.25) is 0 Å². The van der Waals surface area contributed by atoms with E-state index in [1.54, 1.807) is 21.1 Å². The maximum atomic E-state index is 10.5. The summed E-state index contributed by atoms with van der Waals surface area (Å²) in [4.78, 5) is 19.5. The molecule has 1 unspecified atom stereocenters. The summed E-state index contributed by atoms with van der Waals surface area (Å²) in [7, 11) is 3.25. The third-order valence-corrected chi connectivity index (χ3v) is 1.13. The van der Waals surface area contributed by atoms with Crippen molar-refractivity contribution in [2.75, 3.05) is 27.4 Å². The fourth-order valence-corrected chi connectivity index (χ4v) is 0.362. The Morgan fingerprint density at radius 1 is 1.14 bits per heavy atom. The minimum Gasteiger partial charge on any atom is -0.481 e. The van der Waals surface area contributed by atoms with Crippen LogP contribution >= 0.6 is 0 Å². The summed E-state index contributed by atoms with van der Waals surface area (Å²) in [5.74, 6) is -0.496. The molecular formula is C14H32O7. The summed E-state index contributed by atoms with van der Waals surface area (Å²) in [6.07, 6.45) is -0.0813. The van der Waals surface area contributed by atoms with Gasteiger partial charge < -0.3 is 24.8 Å². The van der Waals surface area contributed by atoms with Crippen LogP contribution in [0.25, 0.3) is 0 Å². The molecule has 0 aromatic carbocycles. The molecule has 0 amide bonds. The Hall–Kier alpha value is -1.18. The number of methoxy groups -OCH3 is 1. The summed E-state index contributed by atoms with van der Waals surface area (Å²) in [6, 6.07) is 0. The third kappa shape index (κ3) is 87.1. The Labute approximate surface area is 127 Å². The van der Waals surface area contributed by atoms with E-state index in [4.69, 9.17) is 24.9 Å². The van der Waals surface area contributed by atoms with Crippen LogP contribution in [0.15, 0.2) is 0 Å². The van der Waals surface area contributed by atoms with E-state index in [0.29, 0.717) is 18.9 Å². The zero-order valence-electron chi connectivity index (χ0n) is 14.3. The minimum absolute atomic E-state index is 0.108. The molecule has 0 radical (unpaired) electrons. The molecule has 0 saturated carbocycles. The number of esters is 1. The topological polar surface area (TPSA) is 113 Å². The lowest BCUT2D eigenvalue weighted by Crippen LogP contribution is -2.07. The predicted molar refractivity (Wildman–Crippen MR) is 81.1 cm³/mol. The molecule has 7 nitrogen and oxygen atoms in total. The summed E-state index contributed by atoms with van der Waals surface area (Å²) in [5.41, 5.74) is 0. The van der Waals surface area contributed by atoms with Gasteiger partial charge >= 0.3 is 5.97 Å². The average Bonchev–Trinajstić information content (AvgIpc) is 2.36. The number of ether oxygens (including phenoxy) is 2. The van der Waals surface area contributed by atoms with Gasteiger partial charge in [-0.3, -0.25) is 9.59 Å². The highest BCUT2D eigenvalue weighted by molar-refractivity contribution is 5.68. The monoisotopic (exact) mass is 312 g/mol. The molecule has 0 aromatic rings. The molecule has 0 rings (SSSR count). The van der Waals surface area contributed by atoms with Crippen molar-refractivity contribution in [1.29, 1.82) is 0 Å². The second-order valence-corrected chi connectivity index (χ2v) is 4.39. The van der Waals surface area contributed by atoms with Crippen LogP contribution in [0.3, 0.4) is 0 Å². The number of aliphatic hydroxyl groups excluding tert-OH is 2. The van der Waals surface area contributed by atoms with Gasteiger partial charge in [-0.05, 0) is 12.8 Å². The summed E-state index contributed by atoms with van der Waals surface area (Å²) in [6.45, 7) is 8.85. The van der Waals surface area contributed by atoms with Crippen LogP contribution in [-0.2, 0) is 19.1 Å². The molecule has 0 aliphatic carbocycles. The average molecular weight is 312 g/mol. The zero-order valence-corrected chi connectivity index (χ0v) is 14.3. The van der Waals surface area contributed by atoms with Crippen molar-refractivity contribution >= 4 is 11.9 Å². The van der Waals surface area contributed by atoms with Crippen molar-refractivity contribution in [3.05, 3.63) is 0 Å². The number of rotatable bonds is 4. The molecule has 0 saturated heterocycles. The second kappa shape index (κ2) is 23.9. The smallest absolute Gasteiger partial charge is 0.305 e. The summed E-state index contributed by atoms with van der Waals surface area (Å²) >= 11 is 0. The van der Waals surface area contributed by atoms with Crippen molar-refractivity contribution in [3.8, 4) is 0 Å². The summed E-state index contributed by atoms with van der Waals surface area (Å²) < 4.78 is 9.06. The summed E-state index contributed by atoms with van der Waals surface area (Å²) in [5, 5.41) is 23.4. The molecule has 130 valence electrons. The molecular weight excluding hydrogens is 280 g/mol. The Kier molecular flexibility index (Phi) is 31.9. The zero-order chi connectivity index (χ0) is 17.8. The van der Waals surface area contributed by atoms with Gasteiger partial charge in [0.15, 0.2) is 0 Å². The normalized spacial score (nSPS) is 9.81. The minimum atomic E-state index is -0.833. The van der Waals surface area contributed by atoms with Gasteiger partial charge in [0.25, 0.3) is 5.97 Å². The molecule has 21 heavy (non-hydrogen) atoms. The molecule has 0 aromatic heterocycles. The number of carbonyl (C=O) groups excluding carboxylic acids is 1. The lowest BCUT2D eigenvalue weighted by atomic mass is 10.2. The van der Waals surface area contributed by atoms with Crippen molar-refractivity contribution in [3.63, 3.8) is 0 Å². The molecule has 1 atom stereocenters. The van der Waals surface area contributed by atoms with Crippen LogP contribution in [0, 0.1) is 5.92 Å². The van der Waals surface area contributed by atoms with E-state index in [0.717, 1.165) is 6.92 Å². The highest BCUT2D eigenvalue weighted by atomic mass is 16.5. The SMILES string of the molecule is CC(=O)O.CC(O)CO.CCC(=O)OCC(C)C.COC. The van der Waals surface area contributed by atoms with Gasteiger partial charge in [0.1, 0.15) is 0 Å². The Balaban J connectivity index is -0.000000102. The van der Waals surface area contributed by atoms with E-state index in [1.165, 1.54) is 6.92 Å². The molecule has 0 fully saturated rings. The number of hydrogen-bond donors (Lipinski definition) is 3. The van der Waals surface area contributed by atoms with Gasteiger partial charge in [-0.2, -0.15) is 0 Å². The molecule has 0 heterocycles. The Morgan fingerprint density at radius 2 is 1.43 bits per heavy atom. The number of carboxylic acids is 1. The lowest BCUT2D eigenvalue weighted by molar-refractivity contribution is -0.144. The van der Waals surface area contributed by atoms with Crippen molar-refractivity contribution < 1.29 is 34.4 Å². The quantitative estimate of drug-likeness (QED) is 0.671. The molecule has 0 bridgehead atoms. The lowest BCUT2D eigenvalue weighted by Gasteiger charge is -2.04. The van der Waals surface area contributed by atoms with Crippen molar-refractivity contribution in [2.45, 2.75) is 47.1 Å². The fourth-order valence-electron chi connectivity index (χ4n) is 0.362. The number of aliphatic hydroxyl groups is 2. The van der Waals surface area contributed by atoms with E-state index in [9.17, 15) is 4.79 Å². The number of carboxylic acid groups (broad SMARTS) is 1. The number of hydrogen-bond acceptors (Lipinski definition) is 6. The molecule has 0 spiro atoms. The van der Waals surface area contributed by atoms with Crippen LogP contribution in [-0.4, -0.2) is 60.8 Å². The van der Waals surface area contributed by atoms with Gasteiger partial charge in [0, 0.05) is 27.6 Å². The van der Waals surface area contributed by atoms with Gasteiger partial charge in [-0.15, -0.1) is 0 Å². The first-order chi connectivity index (χ1) is 9.58. The van der Waals surface area contributed by atoms with Crippen molar-refractivity contribution in [1.82, 2.24) is 0 Å². The Morgan fingerprint density at radius 3 is 1.57 bits per heavy atom. The highest BCUT2D eigenvalue weighted by Crippen LogP contribution is 1.93. The van der Waals surface area contributed by atoms with E-state index in [2.05, 4.69) is 4.74 Å². The van der Waals surface area contributed by atoms with Crippen LogP contribution in [0.1, 0.15) is 41.0 Å². The van der Waals surface area contributed by atoms with Crippen LogP contribution in [0.4, 0.5) is 0 Å². The first-order valence-electron chi connectivity index (χ1n) is 6.62. The Bertz CT molecular complexity index is 211. The third-order valence-electron chi connectivity index (χ3n) is 1.13. The van der Waals surface area contributed by atoms with Gasteiger partial charge in [-0.25, -0.2) is 0 Å². The van der Waals surface area contributed by atoms with Gasteiger partial charge in [0.05, 0.1) is 19.3 Å². The van der Waals surface area contributed by atoms with Crippen LogP contribution in [0.2, 0.25) is 0 Å². The van der Waals surface area contributed by atoms with E-state index in [1.807, 2.05) is 13.8 Å². The van der Waals surface area contributed by atoms with E-state index < -0.39 is 12.1 Å². The van der Waals surface area contributed by atoms with Crippen LogP contribution < -0.4 is 0 Å². The van der Waals surface area contributed by atoms with Crippen molar-refractivity contribution in [2.24, 2.45) is 5.92 Å². The molecule has 7 heteroatoms. The maximum Gasteiger partial charge on any atom is 0.305 e. The maximum absolute atomic E-state index is 10.5. The van der Waals surface area contributed by atoms with Gasteiger partial charge in [-0.1, -0.05) is 20.8 Å². The van der Waals surface area contributed by atoms with Crippen LogP contribution in [0.5, 0.6) is 0 Å². The molecule has 0 aliphatic heterocycles.